The molecule has 4 rings (SSSR count). The van der Waals surface area contributed by atoms with Crippen LogP contribution in [-0.4, -0.2) is 17.6 Å². The van der Waals surface area contributed by atoms with Crippen molar-refractivity contribution in [1.82, 2.24) is 4.98 Å². The highest BCUT2D eigenvalue weighted by Crippen LogP contribution is 2.44. The fourth-order valence-corrected chi connectivity index (χ4v) is 4.14. The van der Waals surface area contributed by atoms with Crippen molar-refractivity contribution < 1.29 is 36.2 Å². The fraction of sp³-hybridized carbons (Fsp3) is 0.259. The van der Waals surface area contributed by atoms with Crippen LogP contribution >= 0.6 is 0 Å². The lowest BCUT2D eigenvalue weighted by molar-refractivity contribution is -0.137. The van der Waals surface area contributed by atoms with Gasteiger partial charge in [-0.2, -0.15) is 13.2 Å². The number of carbonyl (C=O) groups is 1. The van der Waals surface area contributed by atoms with Crippen LogP contribution in [0, 0.1) is 11.6 Å². The van der Waals surface area contributed by atoms with E-state index < -0.39 is 29.3 Å². The maximum absolute atomic E-state index is 14.3. The number of ether oxygens (including phenoxy) is 2. The molecule has 2 aromatic carbocycles. The summed E-state index contributed by atoms with van der Waals surface area (Å²) in [7, 11) is 0. The highest BCUT2D eigenvalue weighted by atomic mass is 19.4. The molecule has 3 aromatic rings. The second-order valence-electron chi connectivity index (χ2n) is 8.18. The predicted molar refractivity (Wildman–Crippen MR) is 123 cm³/mol. The summed E-state index contributed by atoms with van der Waals surface area (Å²) in [6.07, 6.45) is -2.43. The average Bonchev–Trinajstić information content (AvgIpc) is 3.33. The number of carbonyl (C=O) groups excluding carboxylic acids is 1. The average molecular weight is 503 g/mol. The minimum Gasteiger partial charge on any atom is -0.472 e. The number of hydrogen-bond donors (Lipinski definition) is 0. The Morgan fingerprint density at radius 1 is 1.00 bits per heavy atom. The molecule has 0 unspecified atom stereocenters. The molecule has 0 saturated heterocycles. The molecule has 188 valence electrons. The molecular formula is C27H22F5NO3. The van der Waals surface area contributed by atoms with Crippen LogP contribution in [0.15, 0.2) is 54.7 Å². The molecule has 0 saturated carbocycles. The zero-order valence-electron chi connectivity index (χ0n) is 19.3. The minimum absolute atomic E-state index is 0.0645. The summed E-state index contributed by atoms with van der Waals surface area (Å²) in [6.45, 7) is 1.43. The number of allylic oxidation sites excluding steroid dienone is 2. The van der Waals surface area contributed by atoms with Gasteiger partial charge in [-0.1, -0.05) is 24.3 Å². The van der Waals surface area contributed by atoms with E-state index in [9.17, 15) is 26.7 Å². The Labute approximate surface area is 204 Å². The van der Waals surface area contributed by atoms with E-state index in [1.807, 2.05) is 0 Å². The molecule has 1 aliphatic carbocycles. The third-order valence-corrected chi connectivity index (χ3v) is 5.85. The molecule has 0 bridgehead atoms. The zero-order chi connectivity index (χ0) is 25.9. The van der Waals surface area contributed by atoms with Crippen molar-refractivity contribution >= 4 is 17.1 Å². The first kappa shape index (κ1) is 25.3. The maximum atomic E-state index is 14.3. The number of aromatic nitrogens is 1. The lowest BCUT2D eigenvalue weighted by Gasteiger charge is -2.16. The van der Waals surface area contributed by atoms with Crippen LogP contribution in [0.4, 0.5) is 22.0 Å². The predicted octanol–water partition coefficient (Wildman–Crippen LogP) is 7.23. The summed E-state index contributed by atoms with van der Waals surface area (Å²) in [5.41, 5.74) is 0.812. The number of esters is 1. The number of alkyl halides is 3. The van der Waals surface area contributed by atoms with Crippen molar-refractivity contribution in [3.05, 3.63) is 94.2 Å². The molecule has 1 aromatic heterocycles. The van der Waals surface area contributed by atoms with Gasteiger partial charge in [0.2, 0.25) is 5.88 Å². The largest absolute Gasteiger partial charge is 0.472 e. The van der Waals surface area contributed by atoms with Crippen molar-refractivity contribution in [3.8, 4) is 5.88 Å². The van der Waals surface area contributed by atoms with Crippen molar-refractivity contribution in [3.63, 3.8) is 0 Å². The molecule has 4 nitrogen and oxygen atoms in total. The van der Waals surface area contributed by atoms with Crippen molar-refractivity contribution in [2.45, 2.75) is 39.0 Å². The number of nitrogens with zero attached hydrogens (tertiary/aromatic N) is 1. The van der Waals surface area contributed by atoms with Gasteiger partial charge in [-0.25, -0.2) is 18.6 Å². The zero-order valence-corrected chi connectivity index (χ0v) is 19.3. The molecule has 36 heavy (non-hydrogen) atoms. The van der Waals surface area contributed by atoms with E-state index in [2.05, 4.69) is 4.98 Å². The van der Waals surface area contributed by atoms with Gasteiger partial charge in [0.25, 0.3) is 0 Å². The van der Waals surface area contributed by atoms with Gasteiger partial charge in [-0.05, 0) is 67.2 Å². The van der Waals surface area contributed by atoms with Crippen LogP contribution in [0.2, 0.25) is 0 Å². The smallest absolute Gasteiger partial charge is 0.417 e. The topological polar surface area (TPSA) is 48.4 Å². The molecular weight excluding hydrogens is 481 g/mol. The Hall–Kier alpha value is -3.75. The second kappa shape index (κ2) is 10.5. The standard InChI is InChI=1S/C27H22F5NO3/c1-2-35-26(34)22-12-16(10-11-24(22)29)19-7-5-8-20(19)21-13-18(27(30,31)32)14-33-25(21)36-15-17-6-3-4-9-23(17)28/h3-4,6,9-14H,2,5,7-8,15H2,1H3. The number of pyridine rings is 1. The lowest BCUT2D eigenvalue weighted by atomic mass is 9.95. The van der Waals surface area contributed by atoms with E-state index >= 15 is 0 Å². The number of rotatable bonds is 7. The Bertz CT molecular complexity index is 1320. The van der Waals surface area contributed by atoms with Crippen LogP contribution in [0.25, 0.3) is 11.1 Å². The van der Waals surface area contributed by atoms with E-state index in [4.69, 9.17) is 9.47 Å². The van der Waals surface area contributed by atoms with Gasteiger partial charge in [0.05, 0.1) is 17.7 Å². The molecule has 0 spiro atoms. The maximum Gasteiger partial charge on any atom is 0.417 e. The van der Waals surface area contributed by atoms with E-state index in [1.165, 1.54) is 30.3 Å². The Morgan fingerprint density at radius 3 is 2.47 bits per heavy atom. The number of benzene rings is 2. The Kier molecular flexibility index (Phi) is 7.37. The summed E-state index contributed by atoms with van der Waals surface area (Å²) < 4.78 is 79.5. The molecule has 0 N–H and O–H groups in total. The number of halogens is 5. The molecule has 0 atom stereocenters. The third-order valence-electron chi connectivity index (χ3n) is 5.85. The highest BCUT2D eigenvalue weighted by Gasteiger charge is 2.33. The lowest BCUT2D eigenvalue weighted by Crippen LogP contribution is -2.09. The minimum atomic E-state index is -4.64. The van der Waals surface area contributed by atoms with E-state index in [-0.39, 0.29) is 35.8 Å². The van der Waals surface area contributed by atoms with Crippen molar-refractivity contribution in [2.75, 3.05) is 6.61 Å². The van der Waals surface area contributed by atoms with Crippen LogP contribution in [0.1, 0.15) is 58.8 Å². The van der Waals surface area contributed by atoms with Crippen LogP contribution in [-0.2, 0) is 17.5 Å². The molecule has 1 heterocycles. The molecule has 0 fully saturated rings. The van der Waals surface area contributed by atoms with Gasteiger partial charge in [-0.15, -0.1) is 0 Å². The first-order valence-electron chi connectivity index (χ1n) is 11.3. The molecule has 1 aliphatic rings. The quantitative estimate of drug-likeness (QED) is 0.252. The van der Waals surface area contributed by atoms with E-state index in [1.54, 1.807) is 13.0 Å². The van der Waals surface area contributed by atoms with Gasteiger partial charge < -0.3 is 9.47 Å². The Balaban J connectivity index is 1.79. The summed E-state index contributed by atoms with van der Waals surface area (Å²) in [5.74, 6) is -2.17. The molecule has 9 heteroatoms. The van der Waals surface area contributed by atoms with Crippen LogP contribution in [0.3, 0.4) is 0 Å². The first-order chi connectivity index (χ1) is 17.2. The van der Waals surface area contributed by atoms with E-state index in [0.717, 1.165) is 12.1 Å². The summed E-state index contributed by atoms with van der Waals surface area (Å²) >= 11 is 0. The SMILES string of the molecule is CCOC(=O)c1cc(C2=C(c3cc(C(F)(F)F)cnc3OCc3ccccc3F)CCC2)ccc1F. The third kappa shape index (κ3) is 5.40. The second-order valence-corrected chi connectivity index (χ2v) is 8.18. The molecule has 0 aliphatic heterocycles. The molecule has 0 amide bonds. The van der Waals surface area contributed by atoms with Crippen LogP contribution < -0.4 is 4.74 Å². The van der Waals surface area contributed by atoms with Gasteiger partial charge in [-0.3, -0.25) is 0 Å². The van der Waals surface area contributed by atoms with Gasteiger partial charge in [0.1, 0.15) is 18.2 Å². The monoisotopic (exact) mass is 503 g/mol. The summed E-state index contributed by atoms with van der Waals surface area (Å²) in [4.78, 5) is 16.1. The van der Waals surface area contributed by atoms with Crippen molar-refractivity contribution in [1.29, 1.82) is 0 Å². The van der Waals surface area contributed by atoms with Gasteiger partial charge in [0.15, 0.2) is 0 Å². The van der Waals surface area contributed by atoms with Gasteiger partial charge >= 0.3 is 12.1 Å². The highest BCUT2D eigenvalue weighted by molar-refractivity contribution is 5.96. The summed E-state index contributed by atoms with van der Waals surface area (Å²) in [6, 6.07) is 10.8. The fourth-order valence-electron chi connectivity index (χ4n) is 4.14. The summed E-state index contributed by atoms with van der Waals surface area (Å²) in [5, 5.41) is 0. The first-order valence-corrected chi connectivity index (χ1v) is 11.3. The number of hydrogen-bond acceptors (Lipinski definition) is 4. The normalized spacial score (nSPS) is 13.7. The van der Waals surface area contributed by atoms with E-state index in [0.29, 0.717) is 42.2 Å². The van der Waals surface area contributed by atoms with Crippen LogP contribution in [0.5, 0.6) is 5.88 Å². The van der Waals surface area contributed by atoms with Gasteiger partial charge in [0, 0.05) is 17.3 Å². The van der Waals surface area contributed by atoms with Crippen molar-refractivity contribution in [2.24, 2.45) is 0 Å². The Morgan fingerprint density at radius 2 is 1.75 bits per heavy atom. The molecule has 0 radical (unpaired) electrons.